The number of carbonyl (C=O) groups is 2. The van der Waals surface area contributed by atoms with Crippen molar-refractivity contribution in [2.24, 2.45) is 17.3 Å². The molecule has 0 rings (SSSR count). The van der Waals surface area contributed by atoms with E-state index >= 15 is 0 Å². The zero-order chi connectivity index (χ0) is 17.3. The van der Waals surface area contributed by atoms with Crippen LogP contribution in [0.2, 0.25) is 0 Å². The first-order valence-electron chi connectivity index (χ1n) is 8.13. The molecule has 0 aliphatic rings. The Labute approximate surface area is 135 Å². The summed E-state index contributed by atoms with van der Waals surface area (Å²) in [6.07, 6.45) is 1.27. The van der Waals surface area contributed by atoms with E-state index in [1.54, 1.807) is 0 Å². The van der Waals surface area contributed by atoms with Crippen molar-refractivity contribution >= 4 is 12.1 Å². The highest BCUT2D eigenvalue weighted by atomic mass is 16.6. The van der Waals surface area contributed by atoms with Crippen molar-refractivity contribution in [1.82, 2.24) is 5.32 Å². The molecular formula is C17H33NO4. The highest BCUT2D eigenvalue weighted by Crippen LogP contribution is 2.13. The second-order valence-corrected chi connectivity index (χ2v) is 7.71. The summed E-state index contributed by atoms with van der Waals surface area (Å²) >= 11 is 0. The Morgan fingerprint density at radius 1 is 1.05 bits per heavy atom. The van der Waals surface area contributed by atoms with E-state index in [4.69, 9.17) is 9.47 Å². The van der Waals surface area contributed by atoms with Crippen LogP contribution in [-0.2, 0) is 14.3 Å². The van der Waals surface area contributed by atoms with Gasteiger partial charge in [0, 0.05) is 0 Å². The van der Waals surface area contributed by atoms with E-state index in [1.807, 2.05) is 34.6 Å². The Morgan fingerprint density at radius 3 is 2.09 bits per heavy atom. The van der Waals surface area contributed by atoms with Crippen molar-refractivity contribution in [3.8, 4) is 0 Å². The second-order valence-electron chi connectivity index (χ2n) is 7.71. The molecule has 1 unspecified atom stereocenters. The number of rotatable bonds is 8. The van der Waals surface area contributed by atoms with Gasteiger partial charge in [0.2, 0.25) is 0 Å². The SMILES string of the molecule is CC(C)CCCOC(=O)C(NC(=O)OCC(C)(C)C)C(C)C. The lowest BCUT2D eigenvalue weighted by molar-refractivity contribution is -0.147. The van der Waals surface area contributed by atoms with Gasteiger partial charge >= 0.3 is 12.1 Å². The van der Waals surface area contributed by atoms with Crippen molar-refractivity contribution in [1.29, 1.82) is 0 Å². The maximum absolute atomic E-state index is 12.1. The third-order valence-electron chi connectivity index (χ3n) is 3.00. The van der Waals surface area contributed by atoms with Crippen molar-refractivity contribution < 1.29 is 19.1 Å². The number of amides is 1. The lowest BCUT2D eigenvalue weighted by Gasteiger charge is -2.23. The maximum Gasteiger partial charge on any atom is 0.407 e. The zero-order valence-electron chi connectivity index (χ0n) is 15.2. The predicted molar refractivity (Wildman–Crippen MR) is 87.6 cm³/mol. The highest BCUT2D eigenvalue weighted by Gasteiger charge is 2.26. The Hall–Kier alpha value is -1.26. The molecule has 0 aliphatic carbocycles. The van der Waals surface area contributed by atoms with Gasteiger partial charge in [-0.2, -0.15) is 0 Å². The molecule has 0 fully saturated rings. The Morgan fingerprint density at radius 2 is 1.64 bits per heavy atom. The molecule has 0 aromatic heterocycles. The fourth-order valence-electron chi connectivity index (χ4n) is 1.70. The molecule has 22 heavy (non-hydrogen) atoms. The smallest absolute Gasteiger partial charge is 0.407 e. The van der Waals surface area contributed by atoms with Crippen molar-refractivity contribution in [3.05, 3.63) is 0 Å². The summed E-state index contributed by atoms with van der Waals surface area (Å²) in [6.45, 7) is 14.6. The number of ether oxygens (including phenoxy) is 2. The van der Waals surface area contributed by atoms with Crippen molar-refractivity contribution in [2.75, 3.05) is 13.2 Å². The molecule has 5 heteroatoms. The summed E-state index contributed by atoms with van der Waals surface area (Å²) in [4.78, 5) is 23.9. The van der Waals surface area contributed by atoms with Gasteiger partial charge in [0.25, 0.3) is 0 Å². The standard InChI is InChI=1S/C17H33NO4/c1-12(2)9-8-10-21-15(19)14(13(3)4)18-16(20)22-11-17(5,6)7/h12-14H,8-11H2,1-7H3,(H,18,20). The van der Waals surface area contributed by atoms with Crippen LogP contribution in [0, 0.1) is 17.3 Å². The van der Waals surface area contributed by atoms with Crippen LogP contribution in [-0.4, -0.2) is 31.3 Å². The minimum Gasteiger partial charge on any atom is -0.464 e. The molecule has 0 aromatic rings. The molecule has 0 aromatic carbocycles. The van der Waals surface area contributed by atoms with Gasteiger partial charge in [-0.15, -0.1) is 0 Å². The van der Waals surface area contributed by atoms with E-state index in [1.165, 1.54) is 0 Å². The second kappa shape index (κ2) is 9.70. The van der Waals surface area contributed by atoms with E-state index in [-0.39, 0.29) is 11.3 Å². The van der Waals surface area contributed by atoms with Gasteiger partial charge < -0.3 is 14.8 Å². The van der Waals surface area contributed by atoms with E-state index < -0.39 is 18.1 Å². The van der Waals surface area contributed by atoms with E-state index in [9.17, 15) is 9.59 Å². The van der Waals surface area contributed by atoms with Crippen LogP contribution in [0.4, 0.5) is 4.79 Å². The first-order valence-corrected chi connectivity index (χ1v) is 8.13. The van der Waals surface area contributed by atoms with Crippen LogP contribution in [0.5, 0.6) is 0 Å². The first kappa shape index (κ1) is 20.7. The number of carbonyl (C=O) groups excluding carboxylic acids is 2. The van der Waals surface area contributed by atoms with Crippen molar-refractivity contribution in [3.63, 3.8) is 0 Å². The fourth-order valence-corrected chi connectivity index (χ4v) is 1.70. The Kier molecular flexibility index (Phi) is 9.14. The summed E-state index contributed by atoms with van der Waals surface area (Å²) in [7, 11) is 0. The molecular weight excluding hydrogens is 282 g/mol. The molecule has 1 amide bonds. The summed E-state index contributed by atoms with van der Waals surface area (Å²) in [6, 6.07) is -0.675. The van der Waals surface area contributed by atoms with Gasteiger partial charge in [-0.1, -0.05) is 48.5 Å². The molecule has 0 spiro atoms. The van der Waals surface area contributed by atoms with Crippen molar-refractivity contribution in [2.45, 2.75) is 67.3 Å². The molecule has 130 valence electrons. The summed E-state index contributed by atoms with van der Waals surface area (Å²) in [5.74, 6) is 0.136. The lowest BCUT2D eigenvalue weighted by atomic mass is 9.99. The van der Waals surface area contributed by atoms with Gasteiger partial charge in [0.05, 0.1) is 13.2 Å². The number of esters is 1. The van der Waals surface area contributed by atoms with Crippen LogP contribution < -0.4 is 5.32 Å². The molecule has 0 heterocycles. The minimum absolute atomic E-state index is 0.0558. The summed E-state index contributed by atoms with van der Waals surface area (Å²) in [5, 5.41) is 2.60. The third-order valence-corrected chi connectivity index (χ3v) is 3.00. The van der Waals surface area contributed by atoms with Crippen LogP contribution in [0.25, 0.3) is 0 Å². The van der Waals surface area contributed by atoms with E-state index in [0.717, 1.165) is 12.8 Å². The molecule has 1 atom stereocenters. The molecule has 5 nitrogen and oxygen atoms in total. The number of hydrogen-bond acceptors (Lipinski definition) is 4. The van der Waals surface area contributed by atoms with Crippen LogP contribution in [0.15, 0.2) is 0 Å². The maximum atomic E-state index is 12.1. The molecule has 1 N–H and O–H groups in total. The summed E-state index contributed by atoms with van der Waals surface area (Å²) < 4.78 is 10.4. The Bertz CT molecular complexity index is 345. The number of nitrogens with one attached hydrogen (secondary N) is 1. The largest absolute Gasteiger partial charge is 0.464 e. The quantitative estimate of drug-likeness (QED) is 0.547. The topological polar surface area (TPSA) is 64.6 Å². The monoisotopic (exact) mass is 315 g/mol. The third kappa shape index (κ3) is 10.5. The average molecular weight is 315 g/mol. The van der Waals surface area contributed by atoms with Gasteiger partial charge in [0.15, 0.2) is 0 Å². The van der Waals surface area contributed by atoms with E-state index in [2.05, 4.69) is 19.2 Å². The van der Waals surface area contributed by atoms with Gasteiger partial charge in [0.1, 0.15) is 6.04 Å². The van der Waals surface area contributed by atoms with Crippen LogP contribution in [0.1, 0.15) is 61.3 Å². The Balaban J connectivity index is 4.29. The minimum atomic E-state index is -0.675. The lowest BCUT2D eigenvalue weighted by Crippen LogP contribution is -2.46. The fraction of sp³-hybridized carbons (Fsp3) is 0.882. The molecule has 0 bridgehead atoms. The predicted octanol–water partition coefficient (Wildman–Crippen LogP) is 3.76. The van der Waals surface area contributed by atoms with Crippen LogP contribution in [0.3, 0.4) is 0 Å². The zero-order valence-corrected chi connectivity index (χ0v) is 15.2. The van der Waals surface area contributed by atoms with E-state index in [0.29, 0.717) is 19.1 Å². The first-order chi connectivity index (χ1) is 10.0. The highest BCUT2D eigenvalue weighted by molar-refractivity contribution is 5.81. The molecule has 0 radical (unpaired) electrons. The van der Waals surface area contributed by atoms with Gasteiger partial charge in [-0.05, 0) is 30.1 Å². The van der Waals surface area contributed by atoms with Gasteiger partial charge in [-0.3, -0.25) is 0 Å². The average Bonchev–Trinajstić information content (AvgIpc) is 2.37. The summed E-state index contributed by atoms with van der Waals surface area (Å²) in [5.41, 5.74) is -0.109. The molecule has 0 saturated heterocycles. The number of alkyl carbamates (subject to hydrolysis) is 1. The number of hydrogen-bond donors (Lipinski definition) is 1. The van der Waals surface area contributed by atoms with Crippen LogP contribution >= 0.6 is 0 Å². The van der Waals surface area contributed by atoms with Gasteiger partial charge in [-0.25, -0.2) is 9.59 Å². The normalized spacial score (nSPS) is 13.1. The molecule has 0 aliphatic heterocycles. The molecule has 0 saturated carbocycles.